The topological polar surface area (TPSA) is 89.7 Å². The number of ether oxygens (including phenoxy) is 1. The fourth-order valence-corrected chi connectivity index (χ4v) is 5.45. The quantitative estimate of drug-likeness (QED) is 0.249. The van der Waals surface area contributed by atoms with Crippen LogP contribution >= 0.6 is 0 Å². The van der Waals surface area contributed by atoms with Crippen molar-refractivity contribution in [1.29, 1.82) is 0 Å². The molecule has 2 aromatic rings. The predicted octanol–water partition coefficient (Wildman–Crippen LogP) is 4.33. The molecule has 1 N–H and O–H groups in total. The molecule has 0 spiro atoms. The Balaban J connectivity index is 0.000000806. The molecule has 2 aliphatic heterocycles. The number of quaternary nitrogens is 1. The summed E-state index contributed by atoms with van der Waals surface area (Å²) in [6.07, 6.45) is 5.11. The third-order valence-electron chi connectivity index (χ3n) is 5.51. The molecule has 150 valence electrons. The maximum atomic E-state index is 11.4. The summed E-state index contributed by atoms with van der Waals surface area (Å²) in [5.41, 5.74) is 4.75. The van der Waals surface area contributed by atoms with Crippen LogP contribution in [0.25, 0.3) is 11.1 Å². The molecule has 0 amide bonds. The van der Waals surface area contributed by atoms with E-state index in [0.29, 0.717) is 53.4 Å². The summed E-state index contributed by atoms with van der Waals surface area (Å²) in [5.74, 6) is -0.163. The smallest absolute Gasteiger partial charge is 0.290 e. The zero-order chi connectivity index (χ0) is 21.7. The largest absolute Gasteiger partial charge is 0.483 e. The Morgan fingerprint density at radius 3 is 2.17 bits per heavy atom. The van der Waals surface area contributed by atoms with Gasteiger partial charge in [0.1, 0.15) is 0 Å². The predicted molar refractivity (Wildman–Crippen MR) is 116 cm³/mol. The molecule has 1 atom stereocenters. The zero-order valence-electron chi connectivity index (χ0n) is 17.0. The van der Waals surface area contributed by atoms with Crippen molar-refractivity contribution in [3.8, 4) is 11.1 Å². The van der Waals surface area contributed by atoms with Gasteiger partial charge < -0.3 is 5.11 Å². The summed E-state index contributed by atoms with van der Waals surface area (Å²) >= 11 is 0.361. The van der Waals surface area contributed by atoms with Crippen LogP contribution in [0.15, 0.2) is 66.2 Å². The minimum atomic E-state index is -0.423. The van der Waals surface area contributed by atoms with Crippen LogP contribution < -0.4 is 4.48 Å². The molecule has 8 heteroatoms. The van der Waals surface area contributed by atoms with E-state index >= 15 is 0 Å². The minimum Gasteiger partial charge on any atom is -0.483 e. The number of nitro groups is 1. The van der Waals surface area contributed by atoms with Crippen molar-refractivity contribution in [3.05, 3.63) is 76.3 Å². The molecule has 0 aromatic heterocycles. The second-order valence-electron chi connectivity index (χ2n) is 7.23. The van der Waals surface area contributed by atoms with Gasteiger partial charge in [-0.25, -0.2) is 0 Å². The Hall–Kier alpha value is -1.81. The van der Waals surface area contributed by atoms with Gasteiger partial charge in [-0.05, 0) is 0 Å². The first-order valence-corrected chi connectivity index (χ1v) is 11.4. The van der Waals surface area contributed by atoms with Gasteiger partial charge in [0.15, 0.2) is 0 Å². The van der Waals surface area contributed by atoms with Gasteiger partial charge in [0.05, 0.1) is 0 Å². The molecule has 0 radical (unpaired) electrons. The number of rotatable bonds is 5. The standard InChI is InChI=1S/C21H20N2O3.CH2O2.K/c1-2-3-15-23(21-14-8-13-20(26-21)22(24)25)18-11-6-4-9-16(18)17-10-5-7-12-19(17)23;2-1-3;/h4-13,21H,2-3,15H2,1H3;1H,(H,2,3);/q+1;;. The van der Waals surface area contributed by atoms with Gasteiger partial charge in [-0.15, -0.1) is 0 Å². The number of benzene rings is 2. The number of nitrogens with zero attached hydrogens (tertiary/aromatic N) is 2. The second kappa shape index (κ2) is 10.00. The van der Waals surface area contributed by atoms with Gasteiger partial charge >= 0.3 is 194 Å². The van der Waals surface area contributed by atoms with Crippen LogP contribution in [0.5, 0.6) is 0 Å². The van der Waals surface area contributed by atoms with Crippen LogP contribution in [0.1, 0.15) is 19.8 Å². The van der Waals surface area contributed by atoms with E-state index in [1.54, 1.807) is 0 Å². The number of unbranched alkanes of at least 4 members (excludes halogenated alkanes) is 1. The number of hydrogen-bond donors (Lipinski definition) is 1. The van der Waals surface area contributed by atoms with Crippen LogP contribution in [0.4, 0.5) is 11.4 Å². The maximum Gasteiger partial charge on any atom is 0.290 e. The summed E-state index contributed by atoms with van der Waals surface area (Å²) in [4.78, 5) is 19.4. The Labute approximate surface area is 209 Å². The van der Waals surface area contributed by atoms with E-state index in [-0.39, 0.29) is 18.6 Å². The zero-order valence-corrected chi connectivity index (χ0v) is 20.1. The van der Waals surface area contributed by atoms with E-state index < -0.39 is 4.92 Å². The van der Waals surface area contributed by atoms with Crippen molar-refractivity contribution in [2.75, 3.05) is 6.54 Å². The molecule has 0 bridgehead atoms. The molecule has 2 aliphatic rings. The number of carboxylic acid groups (broad SMARTS) is 1. The Morgan fingerprint density at radius 2 is 1.67 bits per heavy atom. The first kappa shape index (κ1) is 22.9. The van der Waals surface area contributed by atoms with Gasteiger partial charge in [0, 0.05) is 0 Å². The molecule has 0 fully saturated rings. The number of allylic oxidation sites excluding steroid dienone is 2. The normalized spacial score (nSPS) is 17.9. The molecule has 0 saturated heterocycles. The maximum absolute atomic E-state index is 11.4. The molecule has 7 nitrogen and oxygen atoms in total. The van der Waals surface area contributed by atoms with Crippen molar-refractivity contribution >= 4 is 66.8 Å². The van der Waals surface area contributed by atoms with Crippen molar-refractivity contribution in [2.24, 2.45) is 0 Å². The Kier molecular flexibility index (Phi) is 7.62. The third kappa shape index (κ3) is 4.03. The van der Waals surface area contributed by atoms with Crippen LogP contribution in [-0.4, -0.2) is 78.2 Å². The summed E-state index contributed by atoms with van der Waals surface area (Å²) < 4.78 is 7.76. The molecular formula is C22H22KN2O5+. The molecule has 0 aliphatic carbocycles. The van der Waals surface area contributed by atoms with E-state index in [1.165, 1.54) is 28.2 Å². The first-order valence-electron chi connectivity index (χ1n) is 9.86. The first-order chi connectivity index (χ1) is 14.5. The Bertz CT molecular complexity index is 973. The van der Waals surface area contributed by atoms with Gasteiger partial charge in [-0.1, -0.05) is 0 Å². The van der Waals surface area contributed by atoms with Gasteiger partial charge in [-0.2, -0.15) is 0 Å². The summed E-state index contributed by atoms with van der Waals surface area (Å²) in [5, 5.41) is 18.3. The van der Waals surface area contributed by atoms with E-state index in [1.807, 2.05) is 6.08 Å². The molecule has 2 aromatic carbocycles. The van der Waals surface area contributed by atoms with Crippen molar-refractivity contribution in [1.82, 2.24) is 4.48 Å². The fraction of sp³-hybridized carbons (Fsp3) is 0.227. The molecule has 0 saturated carbocycles. The average molecular weight is 434 g/mol. The van der Waals surface area contributed by atoms with Gasteiger partial charge in [-0.3, -0.25) is 4.79 Å². The molecule has 2 heterocycles. The molecule has 4 rings (SSSR count). The number of para-hydroxylation sites is 2. The minimum absolute atomic E-state index is 0.163. The van der Waals surface area contributed by atoms with Crippen LogP contribution in [0.2, 0.25) is 0 Å². The van der Waals surface area contributed by atoms with E-state index in [2.05, 4.69) is 55.5 Å². The van der Waals surface area contributed by atoms with Gasteiger partial charge in [0.25, 0.3) is 6.47 Å². The van der Waals surface area contributed by atoms with E-state index in [4.69, 9.17) is 14.6 Å². The second-order valence-corrected chi connectivity index (χ2v) is 9.03. The molecule has 1 unspecified atom stereocenters. The van der Waals surface area contributed by atoms with Gasteiger partial charge in [0.2, 0.25) is 0 Å². The van der Waals surface area contributed by atoms with E-state index in [9.17, 15) is 10.1 Å². The monoisotopic (exact) mass is 433 g/mol. The van der Waals surface area contributed by atoms with Crippen molar-refractivity contribution < 1.29 is 19.6 Å². The SMILES string of the molecule is CCCC[N+]1(C2OC([N+](=O)[O-])=CC=[C]2[K])c2ccccc2-c2ccccc21.O=CO. The number of hydrogen-bond acceptors (Lipinski definition) is 4. The number of fused-ring (bicyclic) bond motifs is 3. The number of carbonyl (C=O) groups is 1. The summed E-state index contributed by atoms with van der Waals surface area (Å²) in [7, 11) is 0. The third-order valence-corrected chi connectivity index (χ3v) is 6.81. The average Bonchev–Trinajstić information content (AvgIpc) is 3.04. The van der Waals surface area contributed by atoms with Crippen LogP contribution in [-0.2, 0) is 9.53 Å². The summed E-state index contributed by atoms with van der Waals surface area (Å²) in [6.45, 7) is 2.78. The fourth-order valence-electron chi connectivity index (χ4n) is 4.32. The molecule has 30 heavy (non-hydrogen) atoms. The Morgan fingerprint density at radius 1 is 1.13 bits per heavy atom. The van der Waals surface area contributed by atoms with Crippen molar-refractivity contribution in [3.63, 3.8) is 0 Å². The van der Waals surface area contributed by atoms with Crippen molar-refractivity contribution in [2.45, 2.75) is 26.0 Å². The summed E-state index contributed by atoms with van der Waals surface area (Å²) in [6, 6.07) is 16.8. The van der Waals surface area contributed by atoms with Crippen LogP contribution in [0, 0.1) is 10.1 Å². The van der Waals surface area contributed by atoms with Crippen LogP contribution in [0.3, 0.4) is 0 Å². The van der Waals surface area contributed by atoms with E-state index in [0.717, 1.165) is 19.4 Å². The molecular weight excluding hydrogens is 411 g/mol.